The predicted octanol–water partition coefficient (Wildman–Crippen LogP) is 2.43. The molecule has 3 rings (SSSR count). The van der Waals surface area contributed by atoms with E-state index in [1.165, 1.54) is 11.3 Å². The van der Waals surface area contributed by atoms with Crippen LogP contribution >= 0.6 is 23.1 Å². The number of hydrogen-bond acceptors (Lipinski definition) is 7. The lowest BCUT2D eigenvalue weighted by atomic mass is 10.4. The minimum atomic E-state index is 0.725. The molecule has 0 N–H and O–H groups in total. The summed E-state index contributed by atoms with van der Waals surface area (Å²) in [7, 11) is 0. The summed E-state index contributed by atoms with van der Waals surface area (Å²) in [5.74, 6) is 1.54. The van der Waals surface area contributed by atoms with Crippen molar-refractivity contribution in [2.75, 3.05) is 5.75 Å². The van der Waals surface area contributed by atoms with Crippen LogP contribution in [0.4, 0.5) is 0 Å². The van der Waals surface area contributed by atoms with Crippen LogP contribution in [0.15, 0.2) is 28.4 Å². The second-order valence-electron chi connectivity index (χ2n) is 3.51. The molecule has 0 saturated carbocycles. The first kappa shape index (κ1) is 11.4. The number of nitrogens with zero attached hydrogens (tertiary/aromatic N) is 5. The van der Waals surface area contributed by atoms with E-state index in [2.05, 4.69) is 27.0 Å². The van der Waals surface area contributed by atoms with Crippen molar-refractivity contribution in [2.24, 2.45) is 0 Å². The second kappa shape index (κ2) is 4.54. The Labute approximate surface area is 111 Å². The maximum atomic E-state index is 5.04. The maximum absolute atomic E-state index is 5.04. The average Bonchev–Trinajstić information content (AvgIpc) is 3.01. The van der Waals surface area contributed by atoms with E-state index in [0.717, 1.165) is 32.3 Å². The Morgan fingerprint density at radius 3 is 3.17 bits per heavy atom. The topological polar surface area (TPSA) is 69.1 Å². The van der Waals surface area contributed by atoms with Crippen molar-refractivity contribution >= 4 is 28.1 Å². The van der Waals surface area contributed by atoms with Gasteiger partial charge in [0.15, 0.2) is 5.01 Å². The number of thioether (sulfide) groups is 1. The van der Waals surface area contributed by atoms with Crippen molar-refractivity contribution in [1.29, 1.82) is 0 Å². The minimum absolute atomic E-state index is 0.725. The highest BCUT2D eigenvalue weighted by atomic mass is 32.2. The summed E-state index contributed by atoms with van der Waals surface area (Å²) in [4.78, 5) is 0.747. The van der Waals surface area contributed by atoms with Crippen molar-refractivity contribution in [3.8, 4) is 10.7 Å². The number of aryl methyl sites for hydroxylation is 1. The van der Waals surface area contributed by atoms with Crippen LogP contribution in [-0.4, -0.2) is 30.7 Å². The van der Waals surface area contributed by atoms with Gasteiger partial charge in [0.05, 0.1) is 0 Å². The molecule has 0 saturated heterocycles. The predicted molar refractivity (Wildman–Crippen MR) is 69.8 cm³/mol. The molecule has 3 heterocycles. The zero-order chi connectivity index (χ0) is 12.5. The molecular weight excluding hydrogens is 270 g/mol. The lowest BCUT2D eigenvalue weighted by molar-refractivity contribution is 0.399. The van der Waals surface area contributed by atoms with E-state index in [1.54, 1.807) is 16.3 Å². The van der Waals surface area contributed by atoms with Crippen LogP contribution in [0.5, 0.6) is 0 Å². The third-order valence-corrected chi connectivity index (χ3v) is 3.98. The molecular formula is C10H9N5OS2. The fourth-order valence-electron chi connectivity index (χ4n) is 1.39. The Morgan fingerprint density at radius 2 is 2.44 bits per heavy atom. The van der Waals surface area contributed by atoms with Crippen LogP contribution in [0.1, 0.15) is 5.76 Å². The number of fused-ring (bicyclic) bond motifs is 1. The largest absolute Gasteiger partial charge is 0.361 e. The summed E-state index contributed by atoms with van der Waals surface area (Å²) in [5, 5.41) is 18.1. The zero-order valence-electron chi connectivity index (χ0n) is 9.53. The first-order valence-electron chi connectivity index (χ1n) is 5.17. The molecule has 3 aromatic heterocycles. The van der Waals surface area contributed by atoms with Crippen molar-refractivity contribution in [1.82, 2.24) is 25.0 Å². The molecule has 0 aliphatic rings. The van der Waals surface area contributed by atoms with Crippen molar-refractivity contribution in [3.63, 3.8) is 0 Å². The molecule has 8 heteroatoms. The maximum Gasteiger partial charge on any atom is 0.235 e. The molecule has 0 aromatic carbocycles. The van der Waals surface area contributed by atoms with E-state index in [1.807, 2.05) is 19.1 Å². The first-order chi connectivity index (χ1) is 8.78. The van der Waals surface area contributed by atoms with E-state index < -0.39 is 0 Å². The average molecular weight is 279 g/mol. The van der Waals surface area contributed by atoms with Crippen LogP contribution in [-0.2, 0) is 0 Å². The Hall–Kier alpha value is -1.67. The number of hydrogen-bond donors (Lipinski definition) is 0. The summed E-state index contributed by atoms with van der Waals surface area (Å²) < 4.78 is 6.76. The van der Waals surface area contributed by atoms with Crippen molar-refractivity contribution < 1.29 is 4.52 Å². The van der Waals surface area contributed by atoms with Gasteiger partial charge in [0.25, 0.3) is 0 Å². The fraction of sp³-hybridized carbons (Fsp3) is 0.200. The number of aromatic nitrogens is 5. The molecule has 0 atom stereocenters. The second-order valence-corrected chi connectivity index (χ2v) is 5.45. The molecule has 3 aromatic rings. The summed E-state index contributed by atoms with van der Waals surface area (Å²) in [5.41, 5.74) is 0.725. The van der Waals surface area contributed by atoms with Crippen LogP contribution in [0.3, 0.4) is 0 Å². The monoisotopic (exact) mass is 279 g/mol. The van der Waals surface area contributed by atoms with Gasteiger partial charge >= 0.3 is 0 Å². The normalized spacial score (nSPS) is 11.2. The van der Waals surface area contributed by atoms with Crippen molar-refractivity contribution in [3.05, 3.63) is 24.5 Å². The smallest absolute Gasteiger partial charge is 0.235 e. The molecule has 0 aliphatic heterocycles. The van der Waals surface area contributed by atoms with E-state index in [0.29, 0.717) is 0 Å². The SMILES string of the molecule is C=CCSc1nnc2sc(-c3cc(C)on3)nn12. The van der Waals surface area contributed by atoms with Gasteiger partial charge in [-0.05, 0) is 6.92 Å². The molecule has 0 unspecified atom stereocenters. The molecule has 0 aliphatic carbocycles. The summed E-state index contributed by atoms with van der Waals surface area (Å²) >= 11 is 2.98. The van der Waals surface area contributed by atoms with Gasteiger partial charge in [0.1, 0.15) is 11.5 Å². The van der Waals surface area contributed by atoms with E-state index in [4.69, 9.17) is 4.52 Å². The highest BCUT2D eigenvalue weighted by Gasteiger charge is 2.15. The molecule has 0 spiro atoms. The molecule has 6 nitrogen and oxygen atoms in total. The van der Waals surface area contributed by atoms with Crippen LogP contribution in [0, 0.1) is 6.92 Å². The summed E-state index contributed by atoms with van der Waals surface area (Å²) in [6, 6.07) is 1.85. The van der Waals surface area contributed by atoms with E-state index in [-0.39, 0.29) is 0 Å². The Bertz CT molecular complexity index is 698. The van der Waals surface area contributed by atoms with E-state index in [9.17, 15) is 0 Å². The van der Waals surface area contributed by atoms with Crippen LogP contribution in [0.2, 0.25) is 0 Å². The van der Waals surface area contributed by atoms with Crippen LogP contribution in [0.25, 0.3) is 15.7 Å². The van der Waals surface area contributed by atoms with Crippen LogP contribution < -0.4 is 0 Å². The molecule has 18 heavy (non-hydrogen) atoms. The quantitative estimate of drug-likeness (QED) is 0.539. The lowest BCUT2D eigenvalue weighted by Gasteiger charge is -1.90. The molecule has 0 radical (unpaired) electrons. The molecule has 92 valence electrons. The van der Waals surface area contributed by atoms with Gasteiger partial charge in [0, 0.05) is 11.8 Å². The summed E-state index contributed by atoms with van der Waals surface area (Å²) in [6.45, 7) is 5.53. The van der Waals surface area contributed by atoms with Gasteiger partial charge in [-0.1, -0.05) is 34.3 Å². The van der Waals surface area contributed by atoms with E-state index >= 15 is 0 Å². The fourth-order valence-corrected chi connectivity index (χ4v) is 2.86. The van der Waals surface area contributed by atoms with Gasteiger partial charge in [-0.15, -0.1) is 16.8 Å². The highest BCUT2D eigenvalue weighted by Crippen LogP contribution is 2.27. The minimum Gasteiger partial charge on any atom is -0.361 e. The highest BCUT2D eigenvalue weighted by molar-refractivity contribution is 7.99. The molecule has 0 bridgehead atoms. The third-order valence-electron chi connectivity index (χ3n) is 2.14. The van der Waals surface area contributed by atoms with Gasteiger partial charge in [0.2, 0.25) is 10.1 Å². The van der Waals surface area contributed by atoms with Gasteiger partial charge in [-0.3, -0.25) is 0 Å². The zero-order valence-corrected chi connectivity index (χ0v) is 11.2. The Kier molecular flexibility index (Phi) is 2.88. The third kappa shape index (κ3) is 1.93. The standard InChI is InChI=1S/C10H9N5OS2/c1-3-4-17-9-11-12-10-15(9)13-8(18-10)7-5-6(2)16-14-7/h3,5H,1,4H2,2H3. The van der Waals surface area contributed by atoms with Gasteiger partial charge in [-0.25, -0.2) is 0 Å². The Balaban J connectivity index is 2.00. The Morgan fingerprint density at radius 1 is 1.56 bits per heavy atom. The summed E-state index contributed by atoms with van der Waals surface area (Å²) in [6.07, 6.45) is 1.82. The molecule has 0 amide bonds. The van der Waals surface area contributed by atoms with Crippen molar-refractivity contribution in [2.45, 2.75) is 12.1 Å². The van der Waals surface area contributed by atoms with Gasteiger partial charge in [-0.2, -0.15) is 9.61 Å². The lowest BCUT2D eigenvalue weighted by Crippen LogP contribution is -1.89. The first-order valence-corrected chi connectivity index (χ1v) is 6.98. The molecule has 0 fully saturated rings. The number of rotatable bonds is 4. The van der Waals surface area contributed by atoms with Gasteiger partial charge < -0.3 is 4.52 Å².